The molecule has 0 N–H and O–H groups in total. The van der Waals surface area contributed by atoms with E-state index in [2.05, 4.69) is 43.5 Å². The second-order valence-corrected chi connectivity index (χ2v) is 5.16. The summed E-state index contributed by atoms with van der Waals surface area (Å²) in [6, 6.07) is 10.3. The highest BCUT2D eigenvalue weighted by Gasteiger charge is 2.08. The molecule has 1 rings (SSSR count). The van der Waals surface area contributed by atoms with Gasteiger partial charge in [-0.05, 0) is 11.5 Å². The minimum absolute atomic E-state index is 0.596. The second-order valence-electron chi connectivity index (χ2n) is 4.04. The zero-order chi connectivity index (χ0) is 11.3. The van der Waals surface area contributed by atoms with Gasteiger partial charge in [0.05, 0.1) is 0 Å². The fourth-order valence-corrected chi connectivity index (χ4v) is 1.75. The summed E-state index contributed by atoms with van der Waals surface area (Å²) in [4.78, 5) is 2.12. The van der Waals surface area contributed by atoms with Gasteiger partial charge in [0.25, 0.3) is 0 Å². The summed E-state index contributed by atoms with van der Waals surface area (Å²) in [7, 11) is 0. The number of nitrogens with zero attached hydrogens (tertiary/aromatic N) is 1. The Morgan fingerprint density at radius 3 is 2.40 bits per heavy atom. The third-order valence-electron chi connectivity index (χ3n) is 2.07. The van der Waals surface area contributed by atoms with Crippen LogP contribution in [-0.2, 0) is 6.54 Å². The lowest BCUT2D eigenvalue weighted by Gasteiger charge is -2.24. The van der Waals surface area contributed by atoms with Crippen LogP contribution in [0.25, 0.3) is 0 Å². The molecule has 0 radical (unpaired) electrons. The predicted octanol–water partition coefficient (Wildman–Crippen LogP) is 3.36. The van der Waals surface area contributed by atoms with Gasteiger partial charge in [-0.25, -0.2) is 0 Å². The van der Waals surface area contributed by atoms with E-state index in [-0.39, 0.29) is 0 Å². The zero-order valence-electron chi connectivity index (χ0n) is 9.18. The molecule has 1 nitrogen and oxygen atoms in total. The van der Waals surface area contributed by atoms with Crippen LogP contribution in [0, 0.1) is 5.92 Å². The van der Waals surface area contributed by atoms with E-state index in [0.717, 1.165) is 13.1 Å². The average Bonchev–Trinajstić information content (AvgIpc) is 2.17. The van der Waals surface area contributed by atoms with Crippen molar-refractivity contribution in [3.63, 3.8) is 0 Å². The van der Waals surface area contributed by atoms with Gasteiger partial charge >= 0.3 is 0 Å². The molecule has 3 heteroatoms. The van der Waals surface area contributed by atoms with Crippen molar-refractivity contribution in [2.45, 2.75) is 20.4 Å². The summed E-state index contributed by atoms with van der Waals surface area (Å²) in [5.74, 6) is 0.596. The molecule has 0 atom stereocenters. The molecular formula is C12H17NS2. The van der Waals surface area contributed by atoms with Crippen LogP contribution in [0.1, 0.15) is 19.4 Å². The van der Waals surface area contributed by atoms with Crippen LogP contribution in [0.4, 0.5) is 0 Å². The third-order valence-corrected chi connectivity index (χ3v) is 2.61. The first kappa shape index (κ1) is 12.5. The van der Waals surface area contributed by atoms with E-state index in [1.165, 1.54) is 5.56 Å². The van der Waals surface area contributed by atoms with E-state index >= 15 is 0 Å². The highest BCUT2D eigenvalue weighted by atomic mass is 32.1. The van der Waals surface area contributed by atoms with Crippen LogP contribution in [0.15, 0.2) is 30.3 Å². The Morgan fingerprint density at radius 2 is 1.93 bits per heavy atom. The van der Waals surface area contributed by atoms with Crippen molar-refractivity contribution in [3.8, 4) is 0 Å². The summed E-state index contributed by atoms with van der Waals surface area (Å²) in [6.07, 6.45) is 0. The Morgan fingerprint density at radius 1 is 1.33 bits per heavy atom. The molecule has 0 saturated carbocycles. The molecule has 0 aromatic heterocycles. The number of benzene rings is 1. The Kier molecular flexibility index (Phi) is 5.12. The lowest BCUT2D eigenvalue weighted by Crippen LogP contribution is -2.29. The van der Waals surface area contributed by atoms with Gasteiger partial charge in [-0.3, -0.25) is 0 Å². The molecule has 0 unspecified atom stereocenters. The number of hydrogen-bond donors (Lipinski definition) is 1. The third kappa shape index (κ3) is 4.67. The molecule has 15 heavy (non-hydrogen) atoms. The first-order valence-corrected chi connectivity index (χ1v) is 5.97. The van der Waals surface area contributed by atoms with E-state index < -0.39 is 0 Å². The van der Waals surface area contributed by atoms with Gasteiger partial charge in [0.1, 0.15) is 4.32 Å². The maximum atomic E-state index is 5.12. The van der Waals surface area contributed by atoms with Crippen molar-refractivity contribution >= 4 is 29.2 Å². The molecule has 82 valence electrons. The largest absolute Gasteiger partial charge is 0.353 e. The van der Waals surface area contributed by atoms with Crippen LogP contribution in [0.5, 0.6) is 0 Å². The van der Waals surface area contributed by atoms with Gasteiger partial charge in [0, 0.05) is 13.1 Å². The topological polar surface area (TPSA) is 3.24 Å². The van der Waals surface area contributed by atoms with Gasteiger partial charge in [-0.15, -0.1) is 12.6 Å². The summed E-state index contributed by atoms with van der Waals surface area (Å²) >= 11 is 9.38. The summed E-state index contributed by atoms with van der Waals surface area (Å²) in [5.41, 5.74) is 1.27. The first-order chi connectivity index (χ1) is 7.09. The minimum Gasteiger partial charge on any atom is -0.353 e. The van der Waals surface area contributed by atoms with Crippen LogP contribution in [0.2, 0.25) is 0 Å². The summed E-state index contributed by atoms with van der Waals surface area (Å²) in [6.45, 7) is 6.17. The molecule has 0 heterocycles. The number of thiocarbonyl (C=S) groups is 1. The van der Waals surface area contributed by atoms with Gasteiger partial charge in [0.15, 0.2) is 0 Å². The van der Waals surface area contributed by atoms with Crippen molar-refractivity contribution in [1.29, 1.82) is 0 Å². The molecule has 0 bridgehead atoms. The number of hydrogen-bond acceptors (Lipinski definition) is 1. The van der Waals surface area contributed by atoms with Gasteiger partial charge in [0.2, 0.25) is 0 Å². The van der Waals surface area contributed by atoms with Crippen molar-refractivity contribution in [2.75, 3.05) is 6.54 Å². The zero-order valence-corrected chi connectivity index (χ0v) is 10.9. The van der Waals surface area contributed by atoms with Crippen LogP contribution >= 0.6 is 24.8 Å². The monoisotopic (exact) mass is 239 g/mol. The van der Waals surface area contributed by atoms with Crippen molar-refractivity contribution in [1.82, 2.24) is 4.90 Å². The highest BCUT2D eigenvalue weighted by molar-refractivity contribution is 8.10. The van der Waals surface area contributed by atoms with Gasteiger partial charge < -0.3 is 4.90 Å². The van der Waals surface area contributed by atoms with Crippen LogP contribution in [0.3, 0.4) is 0 Å². The predicted molar refractivity (Wildman–Crippen MR) is 73.3 cm³/mol. The normalized spacial score (nSPS) is 10.4. The molecule has 0 aliphatic rings. The fraction of sp³-hybridized carbons (Fsp3) is 0.417. The first-order valence-electron chi connectivity index (χ1n) is 5.11. The van der Waals surface area contributed by atoms with Crippen molar-refractivity contribution < 1.29 is 0 Å². The lowest BCUT2D eigenvalue weighted by atomic mass is 10.2. The van der Waals surface area contributed by atoms with E-state index in [0.29, 0.717) is 10.2 Å². The highest BCUT2D eigenvalue weighted by Crippen LogP contribution is 2.09. The summed E-state index contributed by atoms with van der Waals surface area (Å²) in [5, 5.41) is 0. The minimum atomic E-state index is 0.596. The smallest absolute Gasteiger partial charge is 0.133 e. The molecule has 0 saturated heterocycles. The molecule has 1 aromatic rings. The Bertz CT molecular complexity index is 309. The standard InChI is InChI=1S/C12H17NS2/c1-10(2)8-13(12(14)15)9-11-6-4-3-5-7-11/h3-7,10H,8-9H2,1-2H3,(H,14,15). The molecule has 0 amide bonds. The Labute approximate surface area is 103 Å². The Balaban J connectivity index is 2.63. The van der Waals surface area contributed by atoms with E-state index in [1.54, 1.807) is 0 Å². The number of rotatable bonds is 4. The molecule has 1 aromatic carbocycles. The maximum absolute atomic E-state index is 5.12. The molecular weight excluding hydrogens is 222 g/mol. The molecule has 0 aliphatic heterocycles. The second kappa shape index (κ2) is 6.13. The maximum Gasteiger partial charge on any atom is 0.133 e. The van der Waals surface area contributed by atoms with E-state index in [1.807, 2.05) is 18.2 Å². The van der Waals surface area contributed by atoms with Gasteiger partial charge in [-0.1, -0.05) is 56.4 Å². The average molecular weight is 239 g/mol. The summed E-state index contributed by atoms with van der Waals surface area (Å²) < 4.78 is 0.674. The lowest BCUT2D eigenvalue weighted by molar-refractivity contribution is 0.371. The molecule has 0 aliphatic carbocycles. The quantitative estimate of drug-likeness (QED) is 0.634. The van der Waals surface area contributed by atoms with Crippen LogP contribution < -0.4 is 0 Å². The Hall–Kier alpha value is -0.540. The van der Waals surface area contributed by atoms with Crippen molar-refractivity contribution in [3.05, 3.63) is 35.9 Å². The SMILES string of the molecule is CC(C)CN(Cc1ccccc1)C(=S)S. The van der Waals surface area contributed by atoms with Crippen LogP contribution in [-0.4, -0.2) is 15.8 Å². The van der Waals surface area contributed by atoms with E-state index in [9.17, 15) is 0 Å². The van der Waals surface area contributed by atoms with E-state index in [4.69, 9.17) is 12.2 Å². The van der Waals surface area contributed by atoms with Gasteiger partial charge in [-0.2, -0.15) is 0 Å². The molecule has 0 spiro atoms. The fourth-order valence-electron chi connectivity index (χ4n) is 1.45. The molecule has 0 fully saturated rings. The number of thiol groups is 1. The van der Waals surface area contributed by atoms with Crippen molar-refractivity contribution in [2.24, 2.45) is 5.92 Å².